The van der Waals surface area contributed by atoms with Gasteiger partial charge < -0.3 is 15.0 Å². The van der Waals surface area contributed by atoms with Crippen molar-refractivity contribution in [3.05, 3.63) is 41.6 Å². The Labute approximate surface area is 188 Å². The molecule has 3 aromatic heterocycles. The summed E-state index contributed by atoms with van der Waals surface area (Å²) in [5.41, 5.74) is 2.30. The molecule has 0 unspecified atom stereocenters. The number of hydrogen-bond donors (Lipinski definition) is 1. The first kappa shape index (κ1) is 21.5. The minimum absolute atomic E-state index is 0.0466. The lowest BCUT2D eigenvalue weighted by atomic mass is 9.97. The number of thiophene rings is 1. The first-order chi connectivity index (χ1) is 14.7. The summed E-state index contributed by atoms with van der Waals surface area (Å²) in [6, 6.07) is 1.89. The summed E-state index contributed by atoms with van der Waals surface area (Å²) in [4.78, 5) is 36.5. The van der Waals surface area contributed by atoms with Crippen molar-refractivity contribution in [3.63, 3.8) is 0 Å². The van der Waals surface area contributed by atoms with Crippen molar-refractivity contribution >= 4 is 49.9 Å². The van der Waals surface area contributed by atoms with Crippen LogP contribution in [-0.2, 0) is 22.5 Å². The highest BCUT2D eigenvalue weighted by Crippen LogP contribution is 2.46. The Balaban J connectivity index is 1.77. The summed E-state index contributed by atoms with van der Waals surface area (Å²) >= 11 is 3.04. The first-order valence-corrected chi connectivity index (χ1v) is 11.6. The van der Waals surface area contributed by atoms with Crippen molar-refractivity contribution in [1.29, 1.82) is 0 Å². The van der Waals surface area contributed by atoms with E-state index in [1.54, 1.807) is 28.6 Å². The van der Waals surface area contributed by atoms with E-state index in [0.29, 0.717) is 13.0 Å². The molecule has 9 heteroatoms. The Hall–Kier alpha value is -2.78. The van der Waals surface area contributed by atoms with Crippen LogP contribution in [0.3, 0.4) is 0 Å². The fourth-order valence-corrected chi connectivity index (χ4v) is 5.81. The summed E-state index contributed by atoms with van der Waals surface area (Å²) in [5.74, 6) is -0.278. The molecule has 1 aliphatic rings. The quantitative estimate of drug-likeness (QED) is 0.546. The Morgan fingerprint density at radius 3 is 2.81 bits per heavy atom. The molecule has 1 atom stereocenters. The second-order valence-corrected chi connectivity index (χ2v) is 10.6. The van der Waals surface area contributed by atoms with E-state index >= 15 is 0 Å². The maximum Gasteiger partial charge on any atom is 0.410 e. The first-order valence-electron chi connectivity index (χ1n) is 9.94. The van der Waals surface area contributed by atoms with Gasteiger partial charge in [-0.25, -0.2) is 9.78 Å². The van der Waals surface area contributed by atoms with Crippen molar-refractivity contribution < 1.29 is 14.3 Å². The summed E-state index contributed by atoms with van der Waals surface area (Å²) < 4.78 is 6.63. The molecule has 3 aromatic rings. The molecule has 4 heterocycles. The second-order valence-electron chi connectivity index (χ2n) is 8.43. The molecule has 0 aliphatic carbocycles. The minimum atomic E-state index is -0.560. The number of amides is 2. The molecule has 2 amide bonds. The Kier molecular flexibility index (Phi) is 5.57. The minimum Gasteiger partial charge on any atom is -0.444 e. The Morgan fingerprint density at radius 1 is 1.35 bits per heavy atom. The zero-order valence-electron chi connectivity index (χ0n) is 17.9. The topological polar surface area (TPSA) is 84.4 Å². The highest BCUT2D eigenvalue weighted by Gasteiger charge is 2.35. The fourth-order valence-electron chi connectivity index (χ4n) is 3.50. The average molecular weight is 457 g/mol. The maximum absolute atomic E-state index is 12.7. The van der Waals surface area contributed by atoms with E-state index in [-0.39, 0.29) is 18.0 Å². The molecule has 0 bridgehead atoms. The third kappa shape index (κ3) is 4.33. The van der Waals surface area contributed by atoms with Gasteiger partial charge in [-0.1, -0.05) is 6.58 Å². The number of nitrogens with one attached hydrogen (secondary N) is 1. The van der Waals surface area contributed by atoms with Gasteiger partial charge in [-0.2, -0.15) is 0 Å². The van der Waals surface area contributed by atoms with Crippen LogP contribution in [0.1, 0.15) is 38.1 Å². The number of ether oxygens (including phenoxy) is 1. The summed E-state index contributed by atoms with van der Waals surface area (Å²) in [5, 5.41) is 4.49. The number of carbonyl (C=O) groups excluding carboxylic acids is 2. The molecule has 4 rings (SSSR count). The van der Waals surface area contributed by atoms with Crippen LogP contribution in [0.4, 0.5) is 9.80 Å². The number of carbonyl (C=O) groups is 2. The van der Waals surface area contributed by atoms with Crippen LogP contribution < -0.4 is 5.32 Å². The molecule has 7 nitrogen and oxygen atoms in total. The van der Waals surface area contributed by atoms with E-state index in [0.717, 1.165) is 36.2 Å². The molecule has 0 spiro atoms. The second kappa shape index (κ2) is 8.05. The summed E-state index contributed by atoms with van der Waals surface area (Å²) in [6.07, 6.45) is 5.06. The molecule has 162 valence electrons. The molecular formula is C22H24N4O3S2. The number of rotatable bonds is 3. The predicted molar refractivity (Wildman–Crippen MR) is 124 cm³/mol. The van der Waals surface area contributed by atoms with Crippen molar-refractivity contribution in [1.82, 2.24) is 14.9 Å². The van der Waals surface area contributed by atoms with Gasteiger partial charge in [0.05, 0.1) is 17.4 Å². The lowest BCUT2D eigenvalue weighted by molar-refractivity contribution is -0.111. The van der Waals surface area contributed by atoms with E-state index in [2.05, 4.69) is 16.9 Å². The summed E-state index contributed by atoms with van der Waals surface area (Å²) in [7, 11) is 0. The zero-order chi connectivity index (χ0) is 22.3. The van der Waals surface area contributed by atoms with Crippen molar-refractivity contribution in [3.8, 4) is 10.6 Å². The third-order valence-electron chi connectivity index (χ3n) is 4.89. The molecule has 0 saturated heterocycles. The molecule has 0 aromatic carbocycles. The Bertz CT molecular complexity index is 1140. The monoisotopic (exact) mass is 456 g/mol. The smallest absolute Gasteiger partial charge is 0.410 e. The molecule has 0 fully saturated rings. The van der Waals surface area contributed by atoms with Crippen molar-refractivity contribution in [2.24, 2.45) is 0 Å². The SMILES string of the molecule is C=CC(=O)Nc1sc2c(c1-c1nc3cnccc3s1)C[C@H](C)N(C(=O)OC(C)(C)C)C2. The molecule has 0 saturated carbocycles. The van der Waals surface area contributed by atoms with Gasteiger partial charge >= 0.3 is 6.09 Å². The van der Waals surface area contributed by atoms with Crippen LogP contribution in [0.25, 0.3) is 20.8 Å². The highest BCUT2D eigenvalue weighted by atomic mass is 32.1. The maximum atomic E-state index is 12.7. The lowest BCUT2D eigenvalue weighted by Gasteiger charge is -2.35. The number of hydrogen-bond acceptors (Lipinski definition) is 7. The van der Waals surface area contributed by atoms with E-state index in [1.165, 1.54) is 17.4 Å². The van der Waals surface area contributed by atoms with Gasteiger partial charge in [0.1, 0.15) is 21.1 Å². The highest BCUT2D eigenvalue weighted by molar-refractivity contribution is 7.22. The number of anilines is 1. The van der Waals surface area contributed by atoms with Crippen molar-refractivity contribution in [2.75, 3.05) is 5.32 Å². The molecule has 0 radical (unpaired) electrons. The van der Waals surface area contributed by atoms with Gasteiger partial charge in [0, 0.05) is 22.7 Å². The molecule has 31 heavy (non-hydrogen) atoms. The predicted octanol–water partition coefficient (Wildman–Crippen LogP) is 5.23. The van der Waals surface area contributed by atoms with Crippen LogP contribution in [0.5, 0.6) is 0 Å². The number of nitrogens with zero attached hydrogens (tertiary/aromatic N) is 3. The van der Waals surface area contributed by atoms with E-state index < -0.39 is 5.60 Å². The number of thiazole rings is 1. The van der Waals surface area contributed by atoms with Crippen molar-refractivity contribution in [2.45, 2.75) is 52.3 Å². The van der Waals surface area contributed by atoms with E-state index in [4.69, 9.17) is 9.72 Å². The van der Waals surface area contributed by atoms with E-state index in [9.17, 15) is 9.59 Å². The number of pyridine rings is 1. The van der Waals surface area contributed by atoms with Gasteiger partial charge in [-0.15, -0.1) is 22.7 Å². The van der Waals surface area contributed by atoms with Gasteiger partial charge in [0.2, 0.25) is 5.91 Å². The number of aromatic nitrogens is 2. The average Bonchev–Trinajstić information content (AvgIpc) is 3.25. The Morgan fingerprint density at radius 2 is 2.13 bits per heavy atom. The number of fused-ring (bicyclic) bond motifs is 2. The summed E-state index contributed by atoms with van der Waals surface area (Å²) in [6.45, 7) is 11.6. The van der Waals surface area contributed by atoms with E-state index in [1.807, 2.05) is 33.8 Å². The van der Waals surface area contributed by atoms with Crippen LogP contribution in [0.2, 0.25) is 0 Å². The van der Waals surface area contributed by atoms with Crippen LogP contribution in [-0.4, -0.2) is 38.5 Å². The standard InChI is InChI=1S/C22H24N4O3S2/c1-6-17(27)25-20-18(19-24-14-10-23-8-7-15(14)30-19)13-9-12(2)26(11-16(13)31-20)21(28)29-22(3,4)5/h6-8,10,12H,1,9,11H2,2-5H3,(H,25,27)/t12-/m0/s1. The lowest BCUT2D eigenvalue weighted by Crippen LogP contribution is -2.44. The fraction of sp³-hybridized carbons (Fsp3) is 0.364. The normalized spacial score (nSPS) is 16.1. The van der Waals surface area contributed by atoms with Gasteiger partial charge in [-0.3, -0.25) is 9.78 Å². The zero-order valence-corrected chi connectivity index (χ0v) is 19.5. The molecule has 1 aliphatic heterocycles. The van der Waals surface area contributed by atoms with Gasteiger partial charge in [-0.05, 0) is 51.8 Å². The molecular weight excluding hydrogens is 432 g/mol. The van der Waals surface area contributed by atoms with Gasteiger partial charge in [0.15, 0.2) is 0 Å². The van der Waals surface area contributed by atoms with Crippen LogP contribution in [0, 0.1) is 0 Å². The van der Waals surface area contributed by atoms with Crippen LogP contribution in [0.15, 0.2) is 31.1 Å². The van der Waals surface area contributed by atoms with Gasteiger partial charge in [0.25, 0.3) is 0 Å². The largest absolute Gasteiger partial charge is 0.444 e. The third-order valence-corrected chi connectivity index (χ3v) is 7.08. The van der Waals surface area contributed by atoms with Crippen LogP contribution >= 0.6 is 22.7 Å². The molecule has 1 N–H and O–H groups in total.